The first-order chi connectivity index (χ1) is 12.3. The summed E-state index contributed by atoms with van der Waals surface area (Å²) in [5, 5.41) is 3.41. The van der Waals surface area contributed by atoms with Gasteiger partial charge in [-0.1, -0.05) is 6.92 Å². The molecule has 5 nitrogen and oxygen atoms in total. The van der Waals surface area contributed by atoms with Crippen LogP contribution in [0.3, 0.4) is 0 Å². The second kappa shape index (κ2) is 10.8. The maximum absolute atomic E-state index is 12.6. The Morgan fingerprint density at radius 1 is 1.23 bits per heavy atom. The Hall–Kier alpha value is -1.30. The molecule has 0 saturated carbocycles. The van der Waals surface area contributed by atoms with E-state index in [1.807, 2.05) is 29.2 Å². The van der Waals surface area contributed by atoms with Crippen molar-refractivity contribution in [2.75, 3.05) is 39.4 Å². The van der Waals surface area contributed by atoms with Crippen molar-refractivity contribution in [2.24, 2.45) is 5.92 Å². The molecular weight excluding hydrogens is 352 g/mol. The van der Waals surface area contributed by atoms with Crippen molar-refractivity contribution in [2.45, 2.75) is 38.7 Å². The molecule has 2 aliphatic heterocycles. The molecule has 1 aromatic rings. The lowest BCUT2D eigenvalue weighted by atomic mass is 9.96. The van der Waals surface area contributed by atoms with E-state index < -0.39 is 0 Å². The Morgan fingerprint density at radius 2 is 1.96 bits per heavy atom. The first-order valence-corrected chi connectivity index (χ1v) is 9.60. The molecule has 2 fully saturated rings. The fourth-order valence-electron chi connectivity index (χ4n) is 3.53. The lowest BCUT2D eigenvalue weighted by Crippen LogP contribution is -2.40. The largest absolute Gasteiger partial charge is 0.491 e. The molecule has 0 aliphatic carbocycles. The molecule has 1 amide bonds. The molecule has 0 aromatic heterocycles. The molecule has 146 valence electrons. The van der Waals surface area contributed by atoms with Crippen molar-refractivity contribution >= 4 is 18.3 Å². The van der Waals surface area contributed by atoms with Gasteiger partial charge in [0.2, 0.25) is 0 Å². The normalized spacial score (nSPS) is 20.7. The number of benzene rings is 1. The summed E-state index contributed by atoms with van der Waals surface area (Å²) in [5.74, 6) is 1.63. The first-order valence-electron chi connectivity index (χ1n) is 9.60. The molecule has 6 heteroatoms. The van der Waals surface area contributed by atoms with Gasteiger partial charge >= 0.3 is 0 Å². The molecule has 3 rings (SSSR count). The molecule has 1 unspecified atom stereocenters. The number of carbonyl (C=O) groups is 1. The Labute approximate surface area is 162 Å². The minimum absolute atomic E-state index is 0. The number of halogens is 1. The SMILES string of the molecule is CCNCC1CCN(C(=O)c2ccc(OCC3CCCO3)cc2)CC1.Cl. The number of nitrogens with zero attached hydrogens (tertiary/aromatic N) is 1. The van der Waals surface area contributed by atoms with E-state index in [0.717, 1.165) is 69.8 Å². The number of nitrogens with one attached hydrogen (secondary N) is 1. The van der Waals surface area contributed by atoms with Gasteiger partial charge in [0.05, 0.1) is 6.10 Å². The molecule has 0 radical (unpaired) electrons. The highest BCUT2D eigenvalue weighted by atomic mass is 35.5. The molecule has 0 spiro atoms. The number of hydrogen-bond donors (Lipinski definition) is 1. The predicted octanol–water partition coefficient (Wildman–Crippen LogP) is 3.13. The van der Waals surface area contributed by atoms with Crippen LogP contribution in [0.2, 0.25) is 0 Å². The lowest BCUT2D eigenvalue weighted by Gasteiger charge is -2.32. The fourth-order valence-corrected chi connectivity index (χ4v) is 3.53. The molecule has 2 heterocycles. The van der Waals surface area contributed by atoms with Crippen molar-refractivity contribution in [3.05, 3.63) is 29.8 Å². The van der Waals surface area contributed by atoms with Crippen LogP contribution in [0.1, 0.15) is 43.0 Å². The summed E-state index contributed by atoms with van der Waals surface area (Å²) in [6, 6.07) is 7.52. The highest BCUT2D eigenvalue weighted by Crippen LogP contribution is 2.20. The summed E-state index contributed by atoms with van der Waals surface area (Å²) in [4.78, 5) is 14.6. The van der Waals surface area contributed by atoms with Crippen LogP contribution in [-0.2, 0) is 4.74 Å². The minimum atomic E-state index is 0. The third kappa shape index (κ3) is 5.86. The summed E-state index contributed by atoms with van der Waals surface area (Å²) >= 11 is 0. The van der Waals surface area contributed by atoms with Crippen LogP contribution in [-0.4, -0.2) is 56.3 Å². The number of piperidine rings is 1. The maximum atomic E-state index is 12.6. The van der Waals surface area contributed by atoms with Gasteiger partial charge in [-0.15, -0.1) is 12.4 Å². The quantitative estimate of drug-likeness (QED) is 0.787. The van der Waals surface area contributed by atoms with Crippen molar-refractivity contribution < 1.29 is 14.3 Å². The van der Waals surface area contributed by atoms with E-state index in [-0.39, 0.29) is 24.4 Å². The predicted molar refractivity (Wildman–Crippen MR) is 105 cm³/mol. The van der Waals surface area contributed by atoms with E-state index in [1.54, 1.807) is 0 Å². The number of carbonyl (C=O) groups excluding carboxylic acids is 1. The maximum Gasteiger partial charge on any atom is 0.253 e. The van der Waals surface area contributed by atoms with Crippen molar-refractivity contribution in [1.82, 2.24) is 10.2 Å². The van der Waals surface area contributed by atoms with Crippen molar-refractivity contribution in [3.63, 3.8) is 0 Å². The highest BCUT2D eigenvalue weighted by Gasteiger charge is 2.23. The molecule has 0 bridgehead atoms. The van der Waals surface area contributed by atoms with Crippen LogP contribution in [0.25, 0.3) is 0 Å². The molecule has 1 atom stereocenters. The average Bonchev–Trinajstić information content (AvgIpc) is 3.19. The van der Waals surface area contributed by atoms with E-state index in [0.29, 0.717) is 12.5 Å². The fraction of sp³-hybridized carbons (Fsp3) is 0.650. The van der Waals surface area contributed by atoms with Gasteiger partial charge in [-0.2, -0.15) is 0 Å². The Kier molecular flexibility index (Phi) is 8.69. The van der Waals surface area contributed by atoms with Gasteiger partial charge in [0.25, 0.3) is 5.91 Å². The zero-order valence-corrected chi connectivity index (χ0v) is 16.4. The van der Waals surface area contributed by atoms with Gasteiger partial charge in [-0.05, 0) is 69.0 Å². The summed E-state index contributed by atoms with van der Waals surface area (Å²) in [7, 11) is 0. The van der Waals surface area contributed by atoms with Crippen LogP contribution in [0.4, 0.5) is 0 Å². The zero-order valence-electron chi connectivity index (χ0n) is 15.6. The van der Waals surface area contributed by atoms with Crippen LogP contribution >= 0.6 is 12.4 Å². The Bertz CT molecular complexity index is 538. The van der Waals surface area contributed by atoms with Gasteiger partial charge in [-0.3, -0.25) is 4.79 Å². The summed E-state index contributed by atoms with van der Waals surface area (Å²) in [6.45, 7) is 7.35. The number of hydrogen-bond acceptors (Lipinski definition) is 4. The third-order valence-electron chi connectivity index (χ3n) is 5.15. The van der Waals surface area contributed by atoms with Gasteiger partial charge in [0, 0.05) is 25.3 Å². The van der Waals surface area contributed by atoms with Crippen LogP contribution in [0, 0.1) is 5.92 Å². The smallest absolute Gasteiger partial charge is 0.253 e. The summed E-state index contributed by atoms with van der Waals surface area (Å²) in [6.07, 6.45) is 4.57. The van der Waals surface area contributed by atoms with Crippen molar-refractivity contribution in [1.29, 1.82) is 0 Å². The molecule has 1 aromatic carbocycles. The van der Waals surface area contributed by atoms with E-state index >= 15 is 0 Å². The molecule has 2 aliphatic rings. The molecule has 1 N–H and O–H groups in total. The molecule has 2 saturated heterocycles. The van der Waals surface area contributed by atoms with Gasteiger partial charge in [0.15, 0.2) is 0 Å². The number of amides is 1. The van der Waals surface area contributed by atoms with E-state index in [2.05, 4.69) is 12.2 Å². The Morgan fingerprint density at radius 3 is 2.58 bits per heavy atom. The second-order valence-electron chi connectivity index (χ2n) is 7.01. The Balaban J connectivity index is 0.00000243. The second-order valence-corrected chi connectivity index (χ2v) is 7.01. The molecule has 26 heavy (non-hydrogen) atoms. The minimum Gasteiger partial charge on any atom is -0.491 e. The van der Waals surface area contributed by atoms with Crippen LogP contribution in [0.5, 0.6) is 5.75 Å². The average molecular weight is 383 g/mol. The monoisotopic (exact) mass is 382 g/mol. The topological polar surface area (TPSA) is 50.8 Å². The van der Waals surface area contributed by atoms with E-state index in [4.69, 9.17) is 9.47 Å². The summed E-state index contributed by atoms with van der Waals surface area (Å²) in [5.41, 5.74) is 0.745. The van der Waals surface area contributed by atoms with Crippen molar-refractivity contribution in [3.8, 4) is 5.75 Å². The van der Waals surface area contributed by atoms with Crippen LogP contribution < -0.4 is 10.1 Å². The van der Waals surface area contributed by atoms with Gasteiger partial charge in [0.1, 0.15) is 12.4 Å². The van der Waals surface area contributed by atoms with E-state index in [9.17, 15) is 4.79 Å². The lowest BCUT2D eigenvalue weighted by molar-refractivity contribution is 0.0674. The summed E-state index contributed by atoms with van der Waals surface area (Å²) < 4.78 is 11.3. The third-order valence-corrected chi connectivity index (χ3v) is 5.15. The zero-order chi connectivity index (χ0) is 17.5. The highest BCUT2D eigenvalue weighted by molar-refractivity contribution is 5.94. The number of ether oxygens (including phenoxy) is 2. The van der Waals surface area contributed by atoms with E-state index in [1.165, 1.54) is 0 Å². The number of rotatable bonds is 7. The molecular formula is C20H31ClN2O3. The standard InChI is InChI=1S/C20H30N2O3.ClH/c1-2-21-14-16-9-11-22(12-10-16)20(23)17-5-7-18(8-6-17)25-15-19-4-3-13-24-19;/h5-8,16,19,21H,2-4,9-15H2,1H3;1H. The first kappa shape index (κ1) is 21.0. The van der Waals surface area contributed by atoms with Crippen LogP contribution in [0.15, 0.2) is 24.3 Å². The van der Waals surface area contributed by atoms with Gasteiger partial charge < -0.3 is 19.7 Å². The number of likely N-dealkylation sites (tertiary alicyclic amines) is 1. The van der Waals surface area contributed by atoms with Gasteiger partial charge in [-0.25, -0.2) is 0 Å².